The van der Waals surface area contributed by atoms with Gasteiger partial charge in [-0.3, -0.25) is 4.79 Å². The number of thioether (sulfide) groups is 1. The van der Waals surface area contributed by atoms with E-state index < -0.39 is 0 Å². The molecule has 1 amide bonds. The summed E-state index contributed by atoms with van der Waals surface area (Å²) in [6.45, 7) is 2.16. The van der Waals surface area contributed by atoms with Crippen molar-refractivity contribution in [2.24, 2.45) is 0 Å². The molecule has 2 aromatic carbocycles. The third-order valence-corrected chi connectivity index (χ3v) is 7.49. The summed E-state index contributed by atoms with van der Waals surface area (Å²) in [6.07, 6.45) is 2.90. The Kier molecular flexibility index (Phi) is 5.33. The van der Waals surface area contributed by atoms with Gasteiger partial charge in [0.05, 0.1) is 35.2 Å². The molecule has 2 aliphatic heterocycles. The zero-order valence-electron chi connectivity index (χ0n) is 16.0. The Hall–Kier alpha value is -2.25. The summed E-state index contributed by atoms with van der Waals surface area (Å²) in [4.78, 5) is 19.6. The first kappa shape index (κ1) is 18.8. The highest BCUT2D eigenvalue weighted by atomic mass is 32.2. The molecule has 0 unspecified atom stereocenters. The first-order valence-electron chi connectivity index (χ1n) is 9.95. The first-order valence-corrected chi connectivity index (χ1v) is 11.8. The molecule has 3 heterocycles. The second kappa shape index (κ2) is 8.24. The Morgan fingerprint density at radius 3 is 2.90 bits per heavy atom. The number of likely N-dealkylation sites (tertiary alicyclic amines) is 1. The summed E-state index contributed by atoms with van der Waals surface area (Å²) in [5, 5.41) is 0. The summed E-state index contributed by atoms with van der Waals surface area (Å²) in [5.74, 6) is 2.18. The van der Waals surface area contributed by atoms with Gasteiger partial charge >= 0.3 is 0 Å². The van der Waals surface area contributed by atoms with Crippen LogP contribution in [-0.4, -0.2) is 41.3 Å². The molecular formula is C22H22N2O3S2. The maximum absolute atomic E-state index is 13.0. The van der Waals surface area contributed by atoms with Crippen molar-refractivity contribution >= 4 is 39.2 Å². The summed E-state index contributed by atoms with van der Waals surface area (Å²) in [5.41, 5.74) is 2.13. The zero-order valence-corrected chi connectivity index (χ0v) is 17.6. The van der Waals surface area contributed by atoms with Gasteiger partial charge in [-0.25, -0.2) is 4.98 Å². The Morgan fingerprint density at radius 2 is 2.00 bits per heavy atom. The van der Waals surface area contributed by atoms with Crippen LogP contribution in [0.3, 0.4) is 0 Å². The van der Waals surface area contributed by atoms with E-state index in [9.17, 15) is 4.79 Å². The largest absolute Gasteiger partial charge is 0.490 e. The maximum atomic E-state index is 13.0. The van der Waals surface area contributed by atoms with E-state index >= 15 is 0 Å². The normalized spacial score (nSPS) is 18.8. The molecule has 150 valence electrons. The summed E-state index contributed by atoms with van der Waals surface area (Å²) in [6, 6.07) is 14.3. The number of ether oxygens (including phenoxy) is 2. The number of carbonyl (C=O) groups excluding carboxylic acids is 1. The molecule has 0 bridgehead atoms. The van der Waals surface area contributed by atoms with Gasteiger partial charge in [-0.2, -0.15) is 0 Å². The molecule has 5 rings (SSSR count). The maximum Gasteiger partial charge on any atom is 0.233 e. The van der Waals surface area contributed by atoms with Crippen molar-refractivity contribution in [3.05, 3.63) is 48.0 Å². The number of aromatic nitrogens is 1. The first-order chi connectivity index (χ1) is 14.3. The van der Waals surface area contributed by atoms with Crippen LogP contribution in [0.5, 0.6) is 11.5 Å². The number of para-hydroxylation sites is 1. The SMILES string of the molecule is O=C(CSc1nc2ccccc2s1)N1CCC[C@H]1c1ccc2c(c1)OCCCO2. The highest BCUT2D eigenvalue weighted by molar-refractivity contribution is 8.01. The van der Waals surface area contributed by atoms with Crippen molar-refractivity contribution in [2.75, 3.05) is 25.5 Å². The van der Waals surface area contributed by atoms with Crippen LogP contribution in [-0.2, 0) is 4.79 Å². The molecule has 1 saturated heterocycles. The molecule has 0 N–H and O–H groups in total. The van der Waals surface area contributed by atoms with Gasteiger partial charge in [-0.05, 0) is 42.7 Å². The highest BCUT2D eigenvalue weighted by Crippen LogP contribution is 2.38. The van der Waals surface area contributed by atoms with Gasteiger partial charge in [0, 0.05) is 13.0 Å². The van der Waals surface area contributed by atoms with Gasteiger partial charge in [0.15, 0.2) is 15.8 Å². The lowest BCUT2D eigenvalue weighted by Crippen LogP contribution is -2.31. The van der Waals surface area contributed by atoms with Crippen molar-refractivity contribution in [1.29, 1.82) is 0 Å². The molecule has 5 nitrogen and oxygen atoms in total. The number of rotatable bonds is 4. The van der Waals surface area contributed by atoms with Gasteiger partial charge < -0.3 is 14.4 Å². The Labute approximate surface area is 178 Å². The highest BCUT2D eigenvalue weighted by Gasteiger charge is 2.30. The number of carbonyl (C=O) groups is 1. The van der Waals surface area contributed by atoms with Crippen molar-refractivity contribution in [1.82, 2.24) is 9.88 Å². The summed E-state index contributed by atoms with van der Waals surface area (Å²) in [7, 11) is 0. The monoisotopic (exact) mass is 426 g/mol. The third-order valence-electron chi connectivity index (χ3n) is 5.32. The predicted molar refractivity (Wildman–Crippen MR) is 116 cm³/mol. The minimum absolute atomic E-state index is 0.107. The quantitative estimate of drug-likeness (QED) is 0.555. The van der Waals surface area contributed by atoms with Gasteiger partial charge in [-0.15, -0.1) is 11.3 Å². The van der Waals surface area contributed by atoms with E-state index in [1.54, 1.807) is 11.3 Å². The molecular weight excluding hydrogens is 404 g/mol. The second-order valence-corrected chi connectivity index (χ2v) is 9.49. The molecule has 1 aromatic heterocycles. The molecule has 3 aromatic rings. The van der Waals surface area contributed by atoms with E-state index in [-0.39, 0.29) is 11.9 Å². The van der Waals surface area contributed by atoms with Crippen LogP contribution in [0.1, 0.15) is 30.9 Å². The van der Waals surface area contributed by atoms with E-state index in [1.807, 2.05) is 29.2 Å². The van der Waals surface area contributed by atoms with E-state index in [4.69, 9.17) is 9.47 Å². The third kappa shape index (κ3) is 3.94. The molecule has 0 aliphatic carbocycles. The lowest BCUT2D eigenvalue weighted by Gasteiger charge is -2.25. The fourth-order valence-corrected chi connectivity index (χ4v) is 5.87. The molecule has 1 atom stereocenters. The van der Waals surface area contributed by atoms with Gasteiger partial charge in [-0.1, -0.05) is 30.0 Å². The van der Waals surface area contributed by atoms with Crippen molar-refractivity contribution in [3.63, 3.8) is 0 Å². The number of hydrogen-bond acceptors (Lipinski definition) is 6. The molecule has 1 fully saturated rings. The lowest BCUT2D eigenvalue weighted by atomic mass is 10.0. The second-order valence-electron chi connectivity index (χ2n) is 7.24. The van der Waals surface area contributed by atoms with E-state index in [0.29, 0.717) is 19.0 Å². The lowest BCUT2D eigenvalue weighted by molar-refractivity contribution is -0.129. The Balaban J connectivity index is 1.28. The summed E-state index contributed by atoms with van der Waals surface area (Å²) < 4.78 is 13.7. The standard InChI is InChI=1S/C22H22N2O3S2/c25-21(14-28-22-23-16-5-1-2-7-20(16)29-22)24-10-3-6-17(24)15-8-9-18-19(13-15)27-12-4-11-26-18/h1-2,5,7-9,13,17H,3-4,6,10-12,14H2/t17-/m0/s1. The van der Waals surface area contributed by atoms with E-state index in [2.05, 4.69) is 23.2 Å². The summed E-state index contributed by atoms with van der Waals surface area (Å²) >= 11 is 3.18. The molecule has 7 heteroatoms. The van der Waals surface area contributed by atoms with Gasteiger partial charge in [0.1, 0.15) is 0 Å². The van der Waals surface area contributed by atoms with Crippen LogP contribution < -0.4 is 9.47 Å². The van der Waals surface area contributed by atoms with Crippen molar-refractivity contribution in [2.45, 2.75) is 29.6 Å². The number of amides is 1. The van der Waals surface area contributed by atoms with Crippen molar-refractivity contribution in [3.8, 4) is 11.5 Å². The topological polar surface area (TPSA) is 51.7 Å². The molecule has 2 aliphatic rings. The van der Waals surface area contributed by atoms with Gasteiger partial charge in [0.25, 0.3) is 0 Å². The minimum Gasteiger partial charge on any atom is -0.490 e. The van der Waals surface area contributed by atoms with Crippen LogP contribution in [0, 0.1) is 0 Å². The molecule has 29 heavy (non-hydrogen) atoms. The number of benzene rings is 2. The van der Waals surface area contributed by atoms with Crippen LogP contribution in [0.2, 0.25) is 0 Å². The number of thiazole rings is 1. The fraction of sp³-hybridized carbons (Fsp3) is 0.364. The number of fused-ring (bicyclic) bond motifs is 2. The van der Waals surface area contributed by atoms with Crippen LogP contribution in [0.4, 0.5) is 0 Å². The average molecular weight is 427 g/mol. The molecule has 0 radical (unpaired) electrons. The van der Waals surface area contributed by atoms with Crippen LogP contribution >= 0.6 is 23.1 Å². The predicted octanol–water partition coefficient (Wildman–Crippen LogP) is 4.91. The Bertz CT molecular complexity index is 1000. The fourth-order valence-electron chi connectivity index (χ4n) is 3.92. The van der Waals surface area contributed by atoms with Gasteiger partial charge in [0.2, 0.25) is 5.91 Å². The van der Waals surface area contributed by atoms with Crippen LogP contribution in [0.25, 0.3) is 10.2 Å². The molecule has 0 spiro atoms. The number of nitrogens with zero attached hydrogens (tertiary/aromatic N) is 2. The minimum atomic E-state index is 0.107. The Morgan fingerprint density at radius 1 is 1.14 bits per heavy atom. The van der Waals surface area contributed by atoms with Crippen LogP contribution in [0.15, 0.2) is 46.8 Å². The van der Waals surface area contributed by atoms with Crippen molar-refractivity contribution < 1.29 is 14.3 Å². The van der Waals surface area contributed by atoms with E-state index in [0.717, 1.165) is 57.4 Å². The smallest absolute Gasteiger partial charge is 0.233 e. The number of hydrogen-bond donors (Lipinski definition) is 0. The molecule has 0 saturated carbocycles. The average Bonchev–Trinajstić information content (AvgIpc) is 3.33. The zero-order chi connectivity index (χ0) is 19.6. The van der Waals surface area contributed by atoms with E-state index in [1.165, 1.54) is 11.8 Å².